The van der Waals surface area contributed by atoms with Crippen LogP contribution in [0.2, 0.25) is 0 Å². The van der Waals surface area contributed by atoms with Crippen LogP contribution < -0.4 is 5.32 Å². The van der Waals surface area contributed by atoms with Gasteiger partial charge in [-0.15, -0.1) is 0 Å². The third-order valence-electron chi connectivity index (χ3n) is 5.13. The number of aryl methyl sites for hydroxylation is 1. The highest BCUT2D eigenvalue weighted by Crippen LogP contribution is 2.31. The van der Waals surface area contributed by atoms with E-state index < -0.39 is 12.1 Å². The first-order valence-corrected chi connectivity index (χ1v) is 10.7. The topological polar surface area (TPSA) is 105 Å². The number of carbonyl (C=O) groups is 3. The lowest BCUT2D eigenvalue weighted by Crippen LogP contribution is -2.50. The molecule has 2 aromatic carbocycles. The van der Waals surface area contributed by atoms with Gasteiger partial charge in [-0.2, -0.15) is 13.2 Å². The van der Waals surface area contributed by atoms with Crippen molar-refractivity contribution < 1.29 is 32.7 Å². The second-order valence-electron chi connectivity index (χ2n) is 7.59. The highest BCUT2D eigenvalue weighted by atomic mass is 19.4. The summed E-state index contributed by atoms with van der Waals surface area (Å²) in [4.78, 5) is 39.2. The summed E-state index contributed by atoms with van der Waals surface area (Å²) in [5.41, 5.74) is 4.00. The number of hydrogen-bond donors (Lipinski definition) is 2. The number of aliphatic carboxylic acids is 1. The Morgan fingerprint density at radius 2 is 1.57 bits per heavy atom. The predicted octanol–water partition coefficient (Wildman–Crippen LogP) is 3.20. The molecular formula is C24H23F3N4O4. The smallest absolute Gasteiger partial charge is 0.475 e. The fraction of sp³-hybridized carbons (Fsp3) is 0.250. The predicted molar refractivity (Wildman–Crippen MR) is 121 cm³/mol. The Kier molecular flexibility index (Phi) is 8.24. The summed E-state index contributed by atoms with van der Waals surface area (Å²) in [7, 11) is 0. The zero-order chi connectivity index (χ0) is 25.4. The Morgan fingerprint density at radius 3 is 2.11 bits per heavy atom. The van der Waals surface area contributed by atoms with Crippen LogP contribution in [0.25, 0.3) is 22.5 Å². The lowest BCUT2D eigenvalue weighted by Gasteiger charge is -2.26. The normalized spacial score (nSPS) is 13.5. The Balaban J connectivity index is 0.000000429. The fourth-order valence-electron chi connectivity index (χ4n) is 3.48. The number of alkyl halides is 3. The molecule has 1 aliphatic rings. The van der Waals surface area contributed by atoms with Crippen LogP contribution in [0.15, 0.2) is 67.0 Å². The molecule has 8 nitrogen and oxygen atoms in total. The Morgan fingerprint density at radius 1 is 1.00 bits per heavy atom. The molecule has 1 saturated heterocycles. The summed E-state index contributed by atoms with van der Waals surface area (Å²) in [5, 5.41) is 9.87. The molecule has 0 aliphatic carbocycles. The molecule has 0 atom stereocenters. The molecule has 0 saturated carbocycles. The first-order valence-electron chi connectivity index (χ1n) is 10.7. The molecule has 0 radical (unpaired) electrons. The van der Waals surface area contributed by atoms with Crippen molar-refractivity contribution in [2.24, 2.45) is 0 Å². The second-order valence-corrected chi connectivity index (χ2v) is 7.59. The van der Waals surface area contributed by atoms with Gasteiger partial charge in [0.2, 0.25) is 11.8 Å². The van der Waals surface area contributed by atoms with E-state index in [1.807, 2.05) is 53.1 Å². The van der Waals surface area contributed by atoms with Crippen molar-refractivity contribution in [2.45, 2.75) is 19.1 Å². The molecule has 11 heteroatoms. The van der Waals surface area contributed by atoms with Gasteiger partial charge < -0.3 is 19.9 Å². The van der Waals surface area contributed by atoms with Crippen LogP contribution in [-0.2, 0) is 20.9 Å². The van der Waals surface area contributed by atoms with E-state index in [-0.39, 0.29) is 18.4 Å². The molecule has 1 aliphatic heterocycles. The molecule has 4 rings (SSSR count). The fourth-order valence-corrected chi connectivity index (χ4v) is 3.48. The van der Waals surface area contributed by atoms with Crippen molar-refractivity contribution >= 4 is 17.8 Å². The summed E-state index contributed by atoms with van der Waals surface area (Å²) in [5.74, 6) is -2.87. The van der Waals surface area contributed by atoms with E-state index in [4.69, 9.17) is 9.90 Å². The van der Waals surface area contributed by atoms with Crippen LogP contribution in [0.3, 0.4) is 0 Å². The van der Waals surface area contributed by atoms with Crippen LogP contribution in [0.5, 0.6) is 0 Å². The number of halogens is 3. The zero-order valence-corrected chi connectivity index (χ0v) is 18.5. The maximum atomic E-state index is 12.6. The zero-order valence-electron chi connectivity index (χ0n) is 18.5. The lowest BCUT2D eigenvalue weighted by molar-refractivity contribution is -0.192. The number of imidazole rings is 1. The third-order valence-corrected chi connectivity index (χ3v) is 5.13. The molecule has 2 amide bonds. The minimum absolute atomic E-state index is 0.0103. The van der Waals surface area contributed by atoms with Crippen molar-refractivity contribution in [3.8, 4) is 22.5 Å². The SMILES string of the molecule is O=C(O)C(F)(F)F.O=C1CN(C(=O)CCn2cnc(-c3ccccc3)c2-c2ccccc2)CCN1. The van der Waals surface area contributed by atoms with Crippen LogP contribution >= 0.6 is 0 Å². The van der Waals surface area contributed by atoms with Gasteiger partial charge in [0, 0.05) is 37.2 Å². The number of rotatable bonds is 5. The largest absolute Gasteiger partial charge is 0.490 e. The van der Waals surface area contributed by atoms with Crippen LogP contribution in [0.4, 0.5) is 13.2 Å². The van der Waals surface area contributed by atoms with Gasteiger partial charge in [0.25, 0.3) is 0 Å². The highest BCUT2D eigenvalue weighted by molar-refractivity contribution is 5.86. The van der Waals surface area contributed by atoms with Gasteiger partial charge in [-0.05, 0) is 0 Å². The van der Waals surface area contributed by atoms with Crippen LogP contribution in [-0.4, -0.2) is 63.2 Å². The monoisotopic (exact) mass is 488 g/mol. The maximum Gasteiger partial charge on any atom is 0.490 e. The van der Waals surface area contributed by atoms with E-state index in [1.165, 1.54) is 0 Å². The van der Waals surface area contributed by atoms with Crippen LogP contribution in [0.1, 0.15) is 6.42 Å². The summed E-state index contributed by atoms with van der Waals surface area (Å²) in [6, 6.07) is 20.1. The van der Waals surface area contributed by atoms with E-state index in [9.17, 15) is 22.8 Å². The van der Waals surface area contributed by atoms with E-state index in [1.54, 1.807) is 11.2 Å². The number of aromatic nitrogens is 2. The van der Waals surface area contributed by atoms with Crippen molar-refractivity contribution in [1.29, 1.82) is 0 Å². The van der Waals surface area contributed by atoms with E-state index in [2.05, 4.69) is 22.4 Å². The van der Waals surface area contributed by atoms with Gasteiger partial charge in [-0.25, -0.2) is 9.78 Å². The van der Waals surface area contributed by atoms with Gasteiger partial charge in [0.1, 0.15) is 0 Å². The van der Waals surface area contributed by atoms with E-state index in [0.29, 0.717) is 26.1 Å². The molecule has 1 aromatic heterocycles. The Bertz CT molecular complexity index is 1160. The molecule has 3 aromatic rings. The summed E-state index contributed by atoms with van der Waals surface area (Å²) in [6.45, 7) is 1.74. The first-order chi connectivity index (χ1) is 16.7. The molecule has 0 spiro atoms. The number of nitrogens with zero attached hydrogens (tertiary/aromatic N) is 3. The van der Waals surface area contributed by atoms with Gasteiger partial charge in [0.15, 0.2) is 0 Å². The molecule has 2 N–H and O–H groups in total. The van der Waals surface area contributed by atoms with Crippen molar-refractivity contribution in [3.63, 3.8) is 0 Å². The summed E-state index contributed by atoms with van der Waals surface area (Å²) in [6.07, 6.45) is -2.96. The molecule has 2 heterocycles. The number of carbonyl (C=O) groups excluding carboxylic acids is 2. The molecule has 35 heavy (non-hydrogen) atoms. The number of amides is 2. The summed E-state index contributed by atoms with van der Waals surface area (Å²) >= 11 is 0. The number of piperazine rings is 1. The first kappa shape index (κ1) is 25.5. The quantitative estimate of drug-likeness (QED) is 0.574. The average Bonchev–Trinajstić information content (AvgIpc) is 3.27. The minimum Gasteiger partial charge on any atom is -0.475 e. The molecule has 184 valence electrons. The van der Waals surface area contributed by atoms with Crippen molar-refractivity contribution in [1.82, 2.24) is 19.8 Å². The Hall–Kier alpha value is -4.15. The summed E-state index contributed by atoms with van der Waals surface area (Å²) < 4.78 is 33.8. The number of benzene rings is 2. The van der Waals surface area contributed by atoms with Gasteiger partial charge in [-0.3, -0.25) is 9.59 Å². The lowest BCUT2D eigenvalue weighted by atomic mass is 10.0. The number of carboxylic acid groups (broad SMARTS) is 1. The maximum absolute atomic E-state index is 12.6. The molecule has 0 bridgehead atoms. The van der Waals surface area contributed by atoms with E-state index in [0.717, 1.165) is 22.5 Å². The number of nitrogens with one attached hydrogen (secondary N) is 1. The molecular weight excluding hydrogens is 465 g/mol. The minimum atomic E-state index is -5.08. The van der Waals surface area contributed by atoms with Gasteiger partial charge in [0.05, 0.1) is 24.3 Å². The van der Waals surface area contributed by atoms with Gasteiger partial charge >= 0.3 is 12.1 Å². The molecule has 0 unspecified atom stereocenters. The van der Waals surface area contributed by atoms with Crippen LogP contribution in [0, 0.1) is 0 Å². The number of carboxylic acids is 1. The number of hydrogen-bond acceptors (Lipinski definition) is 4. The van der Waals surface area contributed by atoms with Crippen molar-refractivity contribution in [3.05, 3.63) is 67.0 Å². The highest BCUT2D eigenvalue weighted by Gasteiger charge is 2.38. The standard InChI is InChI=1S/C22H22N4O2.C2HF3O2/c27-19-15-25(14-12-23-19)20(28)11-13-26-16-24-21(17-7-3-1-4-8-17)22(26)18-9-5-2-6-10-18;3-2(4,5)1(6)7/h1-10,16H,11-15H2,(H,23,27);(H,6,7). The van der Waals surface area contributed by atoms with Gasteiger partial charge in [-0.1, -0.05) is 60.7 Å². The van der Waals surface area contributed by atoms with Crippen molar-refractivity contribution in [2.75, 3.05) is 19.6 Å². The average molecular weight is 488 g/mol. The van der Waals surface area contributed by atoms with E-state index >= 15 is 0 Å². The third kappa shape index (κ3) is 6.92. The second kappa shape index (κ2) is 11.3. The molecule has 1 fully saturated rings. The Labute approximate surface area is 199 Å².